The minimum absolute atomic E-state index is 0.639. The van der Waals surface area contributed by atoms with Crippen molar-refractivity contribution in [1.82, 2.24) is 15.0 Å². The van der Waals surface area contributed by atoms with E-state index in [0.717, 1.165) is 33.4 Å². The second kappa shape index (κ2) is 11.7. The van der Waals surface area contributed by atoms with Gasteiger partial charge in [-0.2, -0.15) is 0 Å². The fourth-order valence-electron chi connectivity index (χ4n) is 6.82. The van der Waals surface area contributed by atoms with Crippen LogP contribution >= 0.6 is 0 Å². The monoisotopic (exact) mass is 611 g/mol. The van der Waals surface area contributed by atoms with Crippen molar-refractivity contribution in [3.05, 3.63) is 176 Å². The molecule has 0 aliphatic heterocycles. The quantitative estimate of drug-likeness (QED) is 0.144. The summed E-state index contributed by atoms with van der Waals surface area (Å²) in [6.07, 6.45) is 0. The molecule has 48 heavy (non-hydrogen) atoms. The summed E-state index contributed by atoms with van der Waals surface area (Å²) in [5.41, 5.74) is 7.38. The second-order valence-electron chi connectivity index (χ2n) is 12.0. The van der Waals surface area contributed by atoms with E-state index in [4.69, 9.17) is 15.0 Å². The Bertz CT molecular complexity index is 2610. The zero-order chi connectivity index (χ0) is 31.9. The van der Waals surface area contributed by atoms with Crippen molar-refractivity contribution in [2.45, 2.75) is 0 Å². The van der Waals surface area contributed by atoms with Crippen molar-refractivity contribution < 1.29 is 0 Å². The van der Waals surface area contributed by atoms with E-state index in [1.165, 1.54) is 37.9 Å². The van der Waals surface area contributed by atoms with E-state index in [9.17, 15) is 0 Å². The zero-order valence-electron chi connectivity index (χ0n) is 26.1. The lowest BCUT2D eigenvalue weighted by Gasteiger charge is -2.17. The van der Waals surface area contributed by atoms with Crippen LogP contribution < -0.4 is 0 Å². The van der Waals surface area contributed by atoms with Gasteiger partial charge in [-0.15, -0.1) is 0 Å². The third kappa shape index (κ3) is 4.90. The molecule has 0 radical (unpaired) electrons. The predicted molar refractivity (Wildman–Crippen MR) is 200 cm³/mol. The van der Waals surface area contributed by atoms with Crippen LogP contribution in [-0.4, -0.2) is 15.0 Å². The predicted octanol–water partition coefficient (Wildman–Crippen LogP) is 11.7. The first-order chi connectivity index (χ1) is 23.8. The number of benzene rings is 8. The molecule has 0 bridgehead atoms. The van der Waals surface area contributed by atoms with Crippen molar-refractivity contribution in [2.24, 2.45) is 0 Å². The molecular weight excluding hydrogens is 583 g/mol. The van der Waals surface area contributed by atoms with Crippen LogP contribution in [0.4, 0.5) is 0 Å². The Kier molecular flexibility index (Phi) is 6.80. The SMILES string of the molecule is c1ccc(-c2cccc(-c3nc(-c4ccccc4)nc(-c4ccccc4-c4c5ccccc5cc5c4ccc4ccccc45)n3)c2)cc1. The van der Waals surface area contributed by atoms with Crippen LogP contribution in [0.2, 0.25) is 0 Å². The molecule has 9 aromatic rings. The average Bonchev–Trinajstić information content (AvgIpc) is 3.17. The third-order valence-corrected chi connectivity index (χ3v) is 9.10. The average molecular weight is 612 g/mol. The van der Waals surface area contributed by atoms with Gasteiger partial charge in [-0.05, 0) is 66.7 Å². The maximum absolute atomic E-state index is 5.21. The van der Waals surface area contributed by atoms with E-state index in [0.29, 0.717) is 17.5 Å². The highest BCUT2D eigenvalue weighted by Gasteiger charge is 2.19. The normalized spacial score (nSPS) is 11.3. The Hall–Kier alpha value is -6.45. The van der Waals surface area contributed by atoms with Crippen LogP contribution in [0.15, 0.2) is 176 Å². The van der Waals surface area contributed by atoms with Gasteiger partial charge >= 0.3 is 0 Å². The second-order valence-corrected chi connectivity index (χ2v) is 12.0. The lowest BCUT2D eigenvalue weighted by molar-refractivity contribution is 1.07. The van der Waals surface area contributed by atoms with E-state index in [1.54, 1.807) is 0 Å². The van der Waals surface area contributed by atoms with Crippen LogP contribution in [0.25, 0.3) is 88.7 Å². The van der Waals surface area contributed by atoms with Crippen molar-refractivity contribution in [3.63, 3.8) is 0 Å². The van der Waals surface area contributed by atoms with Gasteiger partial charge in [0.2, 0.25) is 0 Å². The summed E-state index contributed by atoms with van der Waals surface area (Å²) in [7, 11) is 0. The molecular formula is C45H29N3. The fourth-order valence-corrected chi connectivity index (χ4v) is 6.82. The molecule has 3 heteroatoms. The van der Waals surface area contributed by atoms with Crippen LogP contribution in [0.3, 0.4) is 0 Å². The molecule has 0 unspecified atom stereocenters. The highest BCUT2D eigenvalue weighted by molar-refractivity contribution is 6.21. The Balaban J connectivity index is 1.31. The summed E-state index contributed by atoms with van der Waals surface area (Å²) in [6, 6.07) is 61.7. The standard InChI is InChI=1S/C45H29N3/c1-3-14-30(15-4-1)33-20-13-21-35(28-33)44-46-43(32-17-5-2-6-18-32)47-45(48-44)40-25-12-11-24-38(40)42-37-23-10-8-19-34(37)29-41-36-22-9-7-16-31(36)26-27-39(41)42/h1-29H. The van der Waals surface area contributed by atoms with Gasteiger partial charge in [0.1, 0.15) is 0 Å². The molecule has 0 saturated heterocycles. The largest absolute Gasteiger partial charge is 0.208 e. The maximum Gasteiger partial charge on any atom is 0.164 e. The summed E-state index contributed by atoms with van der Waals surface area (Å²) >= 11 is 0. The van der Waals surface area contributed by atoms with Crippen molar-refractivity contribution in [1.29, 1.82) is 0 Å². The van der Waals surface area contributed by atoms with Gasteiger partial charge in [-0.1, -0.05) is 164 Å². The molecule has 0 aliphatic carbocycles. The molecule has 8 aromatic carbocycles. The first kappa shape index (κ1) is 27.8. The summed E-state index contributed by atoms with van der Waals surface area (Å²) in [6.45, 7) is 0. The summed E-state index contributed by atoms with van der Waals surface area (Å²) in [4.78, 5) is 15.4. The van der Waals surface area contributed by atoms with Crippen LogP contribution in [0.5, 0.6) is 0 Å². The molecule has 0 N–H and O–H groups in total. The first-order valence-electron chi connectivity index (χ1n) is 16.2. The van der Waals surface area contributed by atoms with Gasteiger partial charge in [-0.25, -0.2) is 15.0 Å². The number of aromatic nitrogens is 3. The number of fused-ring (bicyclic) bond motifs is 4. The smallest absolute Gasteiger partial charge is 0.164 e. The molecule has 0 fully saturated rings. The van der Waals surface area contributed by atoms with Gasteiger partial charge in [-0.3, -0.25) is 0 Å². The van der Waals surface area contributed by atoms with E-state index in [-0.39, 0.29) is 0 Å². The van der Waals surface area contributed by atoms with Gasteiger partial charge in [0.15, 0.2) is 17.5 Å². The summed E-state index contributed by atoms with van der Waals surface area (Å²) in [5, 5.41) is 7.30. The van der Waals surface area contributed by atoms with E-state index < -0.39 is 0 Å². The Labute approximate surface area is 278 Å². The highest BCUT2D eigenvalue weighted by atomic mass is 15.0. The van der Waals surface area contributed by atoms with Crippen molar-refractivity contribution >= 4 is 32.3 Å². The van der Waals surface area contributed by atoms with Gasteiger partial charge < -0.3 is 0 Å². The number of rotatable bonds is 5. The molecule has 224 valence electrons. The minimum Gasteiger partial charge on any atom is -0.208 e. The fraction of sp³-hybridized carbons (Fsp3) is 0. The Morgan fingerprint density at radius 2 is 0.833 bits per heavy atom. The third-order valence-electron chi connectivity index (χ3n) is 9.10. The number of nitrogens with zero attached hydrogens (tertiary/aromatic N) is 3. The Morgan fingerprint density at radius 3 is 1.62 bits per heavy atom. The summed E-state index contributed by atoms with van der Waals surface area (Å²) < 4.78 is 0. The molecule has 0 saturated carbocycles. The Morgan fingerprint density at radius 1 is 0.271 bits per heavy atom. The van der Waals surface area contributed by atoms with Crippen molar-refractivity contribution in [2.75, 3.05) is 0 Å². The number of hydrogen-bond donors (Lipinski definition) is 0. The van der Waals surface area contributed by atoms with Crippen molar-refractivity contribution in [3.8, 4) is 56.4 Å². The molecule has 0 atom stereocenters. The zero-order valence-corrected chi connectivity index (χ0v) is 26.1. The topological polar surface area (TPSA) is 38.7 Å². The molecule has 0 amide bonds. The van der Waals surface area contributed by atoms with Crippen LogP contribution in [0, 0.1) is 0 Å². The highest BCUT2D eigenvalue weighted by Crippen LogP contribution is 2.42. The van der Waals surface area contributed by atoms with Crippen LogP contribution in [-0.2, 0) is 0 Å². The molecule has 1 aromatic heterocycles. The lowest BCUT2D eigenvalue weighted by atomic mass is 9.88. The number of hydrogen-bond acceptors (Lipinski definition) is 3. The maximum atomic E-state index is 5.21. The summed E-state index contributed by atoms with van der Waals surface area (Å²) in [5.74, 6) is 1.92. The molecule has 3 nitrogen and oxygen atoms in total. The molecule has 1 heterocycles. The van der Waals surface area contributed by atoms with E-state index >= 15 is 0 Å². The molecule has 9 rings (SSSR count). The van der Waals surface area contributed by atoms with E-state index in [2.05, 4.69) is 152 Å². The molecule has 0 aliphatic rings. The first-order valence-corrected chi connectivity index (χ1v) is 16.2. The van der Waals surface area contributed by atoms with Gasteiger partial charge in [0.05, 0.1) is 0 Å². The lowest BCUT2D eigenvalue weighted by Crippen LogP contribution is -2.01. The van der Waals surface area contributed by atoms with Gasteiger partial charge in [0.25, 0.3) is 0 Å². The van der Waals surface area contributed by atoms with Gasteiger partial charge in [0, 0.05) is 16.7 Å². The minimum atomic E-state index is 0.639. The van der Waals surface area contributed by atoms with Crippen LogP contribution in [0.1, 0.15) is 0 Å². The molecule has 0 spiro atoms. The van der Waals surface area contributed by atoms with E-state index in [1.807, 2.05) is 24.3 Å².